The summed E-state index contributed by atoms with van der Waals surface area (Å²) >= 11 is 0. The molecule has 0 heterocycles. The molecular weight excluding hydrogens is 873 g/mol. The van der Waals surface area contributed by atoms with E-state index in [1.165, 1.54) is 9.80 Å². The topological polar surface area (TPSA) is 194 Å². The molecule has 6 N–H and O–H groups in total. The van der Waals surface area contributed by atoms with Crippen LogP contribution in [-0.2, 0) is 32.0 Å². The first kappa shape index (κ1) is 61.4. The maximum atomic E-state index is 15.4. The maximum absolute atomic E-state index is 15.4. The number of nitrogens with two attached hydrogens (primary N) is 1. The van der Waals surface area contributed by atoms with E-state index in [-0.39, 0.29) is 61.6 Å². The van der Waals surface area contributed by atoms with Crippen LogP contribution in [0.25, 0.3) is 0 Å². The molecule has 0 aromatic heterocycles. The van der Waals surface area contributed by atoms with Gasteiger partial charge in [-0.25, -0.2) is 0 Å². The van der Waals surface area contributed by atoms with Gasteiger partial charge in [-0.3, -0.25) is 24.1 Å². The van der Waals surface area contributed by atoms with Crippen molar-refractivity contribution in [3.63, 3.8) is 0 Å². The van der Waals surface area contributed by atoms with Crippen molar-refractivity contribution in [3.8, 4) is 5.75 Å². The third-order valence-corrected chi connectivity index (χ3v) is 13.5. The highest BCUT2D eigenvalue weighted by molar-refractivity contribution is 5.96. The van der Waals surface area contributed by atoms with Crippen LogP contribution in [0.1, 0.15) is 145 Å². The van der Waals surface area contributed by atoms with Crippen LogP contribution in [0.15, 0.2) is 54.6 Å². The predicted molar refractivity (Wildman–Crippen MR) is 276 cm³/mol. The van der Waals surface area contributed by atoms with Crippen molar-refractivity contribution in [1.82, 2.24) is 14.7 Å². The second-order valence-electron chi connectivity index (χ2n) is 22.4. The minimum atomic E-state index is -1.66. The van der Waals surface area contributed by atoms with E-state index in [0.29, 0.717) is 44.3 Å². The quantitative estimate of drug-likeness (QED) is 0.0512. The van der Waals surface area contributed by atoms with Gasteiger partial charge in [0.05, 0.1) is 42.5 Å². The smallest absolute Gasteiger partial charge is 0.245 e. The van der Waals surface area contributed by atoms with E-state index >= 15 is 9.59 Å². The largest absolute Gasteiger partial charge is 0.488 e. The number of carbonyl (C=O) groups excluding carboxylic acids is 4. The van der Waals surface area contributed by atoms with Gasteiger partial charge in [0, 0.05) is 26.9 Å². The molecule has 0 fully saturated rings. The molecule has 0 saturated heterocycles. The van der Waals surface area contributed by atoms with Crippen LogP contribution in [-0.4, -0.2) is 139 Å². The summed E-state index contributed by atoms with van der Waals surface area (Å²) in [5.41, 5.74) is 6.37. The molecule has 0 aliphatic rings. The zero-order valence-corrected chi connectivity index (χ0v) is 44.9. The highest BCUT2D eigenvalue weighted by atomic mass is 16.5. The highest BCUT2D eigenvalue weighted by Crippen LogP contribution is 2.32. The maximum Gasteiger partial charge on any atom is 0.245 e. The lowest BCUT2D eigenvalue weighted by Gasteiger charge is -2.47. The number of ether oxygens (including phenoxy) is 1. The first-order valence-electron chi connectivity index (χ1n) is 25.4. The number of carbonyl (C=O) groups is 4. The highest BCUT2D eigenvalue weighted by Gasteiger charge is 2.50. The number of likely N-dealkylation sites (N-methyl/N-ethyl adjacent to an activating group) is 3. The molecule has 0 aliphatic heterocycles. The Bertz CT molecular complexity index is 1850. The van der Waals surface area contributed by atoms with Crippen LogP contribution in [0.5, 0.6) is 5.75 Å². The zero-order valence-electron chi connectivity index (χ0n) is 44.9. The Labute approximate surface area is 416 Å². The monoisotopic (exact) mass is 966 g/mol. The van der Waals surface area contributed by atoms with E-state index in [0.717, 1.165) is 11.1 Å². The van der Waals surface area contributed by atoms with Gasteiger partial charge in [0.1, 0.15) is 22.9 Å². The van der Waals surface area contributed by atoms with Crippen molar-refractivity contribution in [2.24, 2.45) is 29.4 Å². The number of amides is 2. The zero-order chi connectivity index (χ0) is 52.6. The lowest BCUT2D eigenvalue weighted by atomic mass is 9.78. The van der Waals surface area contributed by atoms with Crippen molar-refractivity contribution in [3.05, 3.63) is 72.6 Å². The number of hydrogen-bond donors (Lipinski definition) is 5. The van der Waals surface area contributed by atoms with E-state index < -0.39 is 77.3 Å². The minimum Gasteiger partial charge on any atom is -0.488 e. The summed E-state index contributed by atoms with van der Waals surface area (Å²) in [6.07, 6.45) is -0.178. The molecule has 2 aromatic rings. The molecule has 0 aliphatic carbocycles. The Morgan fingerprint density at radius 2 is 1.13 bits per heavy atom. The second-order valence-corrected chi connectivity index (χ2v) is 22.4. The lowest BCUT2D eigenvalue weighted by molar-refractivity contribution is -0.156. The number of nitrogens with zero attached hydrogens (tertiary/aromatic N) is 3. The van der Waals surface area contributed by atoms with E-state index in [1.54, 1.807) is 39.9 Å². The standard InChI is InChI=1S/C56H93N4O9/c1-36(2)29-46(57)52(66)56(12,51(65)35-43-24-27-45(28-25-43)69-55(9,10)11)60(15)49(30-37(3)4)54(68)59(14)48(32-38(5)21-23-40(7)61)53(67)58(13)47(50(64)33-41(8)62)31-39(6)22-26-44(63)34-42-19-17-16-18-20-42/h16-20,24-25,27-28,36-41,44,46-49,51,61-63,65H,8,21-23,26,29-35,57H2,1-7,9-15H3/t38?,39?,40?,41?,44?,46-,47-,48-,49-,51?,56?/m0/s1. The minimum absolute atomic E-state index is 0.0587. The summed E-state index contributed by atoms with van der Waals surface area (Å²) in [5, 5.41) is 43.7. The fourth-order valence-electron chi connectivity index (χ4n) is 9.29. The second kappa shape index (κ2) is 28.4. The fourth-order valence-corrected chi connectivity index (χ4v) is 9.29. The molecule has 7 unspecified atom stereocenters. The molecular formula is C56H93N4O9. The Balaban J connectivity index is 2.65. The lowest BCUT2D eigenvalue weighted by Crippen LogP contribution is -2.68. The molecule has 2 amide bonds. The van der Waals surface area contributed by atoms with Crippen LogP contribution in [0.2, 0.25) is 0 Å². The van der Waals surface area contributed by atoms with Gasteiger partial charge in [-0.1, -0.05) is 84.0 Å². The van der Waals surface area contributed by atoms with Crippen molar-refractivity contribution < 1.29 is 44.3 Å². The van der Waals surface area contributed by atoms with Crippen molar-refractivity contribution in [2.45, 2.75) is 207 Å². The summed E-state index contributed by atoms with van der Waals surface area (Å²) in [6.45, 7) is 24.7. The number of aliphatic hydroxyl groups is 4. The number of Topliss-reactive ketones (excluding diaryl/α,β-unsaturated/α-hetero) is 2. The molecule has 69 heavy (non-hydrogen) atoms. The van der Waals surface area contributed by atoms with Gasteiger partial charge in [0.25, 0.3) is 0 Å². The molecule has 1 radical (unpaired) electrons. The average molecular weight is 966 g/mol. The van der Waals surface area contributed by atoms with E-state index in [4.69, 9.17) is 10.5 Å². The van der Waals surface area contributed by atoms with Gasteiger partial charge in [-0.05, 0) is 153 Å². The number of aliphatic hydroxyl groups excluding tert-OH is 4. The van der Waals surface area contributed by atoms with Gasteiger partial charge in [0.2, 0.25) is 11.8 Å². The van der Waals surface area contributed by atoms with Crippen molar-refractivity contribution >= 4 is 23.4 Å². The van der Waals surface area contributed by atoms with Gasteiger partial charge in [0.15, 0.2) is 11.6 Å². The molecule has 11 atom stereocenters. The van der Waals surface area contributed by atoms with E-state index in [2.05, 4.69) is 6.92 Å². The number of ketones is 2. The van der Waals surface area contributed by atoms with Gasteiger partial charge in [-0.15, -0.1) is 0 Å². The first-order chi connectivity index (χ1) is 32.0. The molecule has 2 aromatic carbocycles. The normalized spacial score (nSPS) is 17.5. The third-order valence-electron chi connectivity index (χ3n) is 13.5. The summed E-state index contributed by atoms with van der Waals surface area (Å²) in [6, 6.07) is 13.1. The van der Waals surface area contributed by atoms with Crippen LogP contribution in [0.4, 0.5) is 0 Å². The van der Waals surface area contributed by atoms with Crippen molar-refractivity contribution in [1.29, 1.82) is 0 Å². The first-order valence-corrected chi connectivity index (χ1v) is 25.4. The summed E-state index contributed by atoms with van der Waals surface area (Å²) in [5.74, 6) is -1.24. The predicted octanol–water partition coefficient (Wildman–Crippen LogP) is 7.22. The molecule has 13 heteroatoms. The number of hydrogen-bond acceptors (Lipinski definition) is 11. The molecule has 0 saturated carbocycles. The van der Waals surface area contributed by atoms with Gasteiger partial charge in [-0.2, -0.15) is 0 Å². The summed E-state index contributed by atoms with van der Waals surface area (Å²) < 4.78 is 6.02. The van der Waals surface area contributed by atoms with E-state index in [1.807, 2.05) is 117 Å². The average Bonchev–Trinajstić information content (AvgIpc) is 3.25. The van der Waals surface area contributed by atoms with Crippen LogP contribution in [0.3, 0.4) is 0 Å². The van der Waals surface area contributed by atoms with Crippen LogP contribution >= 0.6 is 0 Å². The SMILES string of the molecule is [CH2]C(O)CC(=O)[C@H](CC(C)CCC(O)Cc1ccccc1)N(C)C(=O)[C@H](CC(C)CCC(C)O)N(C)C(=O)[C@H](CC(C)C)N(C)C(C)(C(=O)[C@@H](N)CC(C)C)C(O)Cc1ccc(OC(C)(C)C)cc1. The van der Waals surface area contributed by atoms with Gasteiger partial charge < -0.3 is 40.7 Å². The van der Waals surface area contributed by atoms with Crippen molar-refractivity contribution in [2.75, 3.05) is 21.1 Å². The van der Waals surface area contributed by atoms with E-state index in [9.17, 15) is 30.0 Å². The molecule has 13 nitrogen and oxygen atoms in total. The van der Waals surface area contributed by atoms with Crippen LogP contribution in [0, 0.1) is 30.6 Å². The molecule has 2 rings (SSSR count). The Kier molecular flexibility index (Phi) is 25.2. The molecule has 391 valence electrons. The number of benzene rings is 2. The van der Waals surface area contributed by atoms with Gasteiger partial charge >= 0.3 is 0 Å². The Hall–Kier alpha value is -3.72. The third kappa shape index (κ3) is 20.1. The fraction of sp³-hybridized carbons (Fsp3) is 0.696. The summed E-state index contributed by atoms with van der Waals surface area (Å²) in [7, 11) is 4.81. The Morgan fingerprint density at radius 1 is 0.638 bits per heavy atom. The Morgan fingerprint density at radius 3 is 1.64 bits per heavy atom. The molecule has 0 spiro atoms. The van der Waals surface area contributed by atoms with Crippen LogP contribution < -0.4 is 10.5 Å². The summed E-state index contributed by atoms with van der Waals surface area (Å²) in [4.78, 5) is 63.8. The molecule has 0 bridgehead atoms. The number of rotatable bonds is 31.